The fourth-order valence-corrected chi connectivity index (χ4v) is 3.02. The highest BCUT2D eigenvalue weighted by Gasteiger charge is 2.12. The van der Waals surface area contributed by atoms with Crippen LogP contribution >= 0.6 is 22.9 Å². The number of benzene rings is 1. The largest absolute Gasteiger partial charge is 0.369 e. The van der Waals surface area contributed by atoms with Gasteiger partial charge in [-0.2, -0.15) is 0 Å². The zero-order chi connectivity index (χ0) is 11.7. The van der Waals surface area contributed by atoms with Crippen molar-refractivity contribution in [1.29, 1.82) is 0 Å². The molecule has 0 spiro atoms. The average molecular weight is 262 g/mol. The Balaban J connectivity index is 1.78. The van der Waals surface area contributed by atoms with E-state index in [9.17, 15) is 0 Å². The van der Waals surface area contributed by atoms with Gasteiger partial charge in [0.25, 0.3) is 0 Å². The van der Waals surface area contributed by atoms with Gasteiger partial charge < -0.3 is 4.90 Å². The Morgan fingerprint density at radius 1 is 1.24 bits per heavy atom. The summed E-state index contributed by atoms with van der Waals surface area (Å²) in [6.45, 7) is 1.84. The standard InChI is InChI=1S/C14H12ClNS/c15-13-4-2-1-3-11(13)9-16-7-5-14-12(10-16)6-8-17-14/h1-8H,9-10H2. The van der Waals surface area contributed by atoms with Gasteiger partial charge >= 0.3 is 0 Å². The second-order valence-corrected chi connectivity index (χ2v) is 5.48. The first-order valence-corrected chi connectivity index (χ1v) is 6.81. The molecule has 1 nitrogen and oxygen atoms in total. The van der Waals surface area contributed by atoms with Crippen molar-refractivity contribution in [3.63, 3.8) is 0 Å². The number of thiophene rings is 1. The van der Waals surface area contributed by atoms with Crippen LogP contribution in [0.15, 0.2) is 41.9 Å². The van der Waals surface area contributed by atoms with Gasteiger partial charge in [-0.1, -0.05) is 29.8 Å². The van der Waals surface area contributed by atoms with Crippen LogP contribution in [0.2, 0.25) is 5.02 Å². The lowest BCUT2D eigenvalue weighted by Gasteiger charge is -2.24. The summed E-state index contributed by atoms with van der Waals surface area (Å²) in [4.78, 5) is 3.66. The maximum absolute atomic E-state index is 6.17. The summed E-state index contributed by atoms with van der Waals surface area (Å²) in [5.74, 6) is 0. The van der Waals surface area contributed by atoms with Crippen molar-refractivity contribution >= 4 is 29.0 Å². The molecule has 0 aliphatic carbocycles. The van der Waals surface area contributed by atoms with Gasteiger partial charge in [-0.25, -0.2) is 0 Å². The van der Waals surface area contributed by atoms with E-state index in [-0.39, 0.29) is 0 Å². The molecule has 2 aromatic rings. The van der Waals surface area contributed by atoms with Crippen LogP contribution < -0.4 is 0 Å². The van der Waals surface area contributed by atoms with Crippen molar-refractivity contribution in [3.05, 3.63) is 62.9 Å². The normalized spacial score (nSPS) is 13.8. The monoisotopic (exact) mass is 261 g/mol. The van der Waals surface area contributed by atoms with Crippen molar-refractivity contribution in [2.45, 2.75) is 13.1 Å². The maximum Gasteiger partial charge on any atom is 0.0455 e. The SMILES string of the molecule is Clc1ccccc1CN1C=Cc2sccc2C1. The number of halogens is 1. The van der Waals surface area contributed by atoms with Crippen LogP contribution in [0.5, 0.6) is 0 Å². The Morgan fingerprint density at radius 2 is 2.12 bits per heavy atom. The van der Waals surface area contributed by atoms with Gasteiger partial charge in [0.2, 0.25) is 0 Å². The molecule has 0 atom stereocenters. The van der Waals surface area contributed by atoms with Crippen LogP contribution in [0.3, 0.4) is 0 Å². The van der Waals surface area contributed by atoms with Crippen LogP contribution in [0, 0.1) is 0 Å². The first-order valence-electron chi connectivity index (χ1n) is 5.55. The molecule has 1 aliphatic heterocycles. The van der Waals surface area contributed by atoms with E-state index in [1.54, 1.807) is 11.3 Å². The number of nitrogens with zero attached hydrogens (tertiary/aromatic N) is 1. The van der Waals surface area contributed by atoms with Gasteiger partial charge in [-0.15, -0.1) is 11.3 Å². The maximum atomic E-state index is 6.17. The lowest BCUT2D eigenvalue weighted by molar-refractivity contribution is 0.360. The molecule has 86 valence electrons. The first kappa shape index (κ1) is 10.9. The van der Waals surface area contributed by atoms with Crippen molar-refractivity contribution in [2.24, 2.45) is 0 Å². The molecule has 0 bridgehead atoms. The molecule has 3 rings (SSSR count). The van der Waals surface area contributed by atoms with Crippen molar-refractivity contribution < 1.29 is 0 Å². The quantitative estimate of drug-likeness (QED) is 0.775. The van der Waals surface area contributed by atoms with Crippen molar-refractivity contribution in [3.8, 4) is 0 Å². The highest BCUT2D eigenvalue weighted by Crippen LogP contribution is 2.26. The highest BCUT2D eigenvalue weighted by atomic mass is 35.5. The Kier molecular flexibility index (Phi) is 2.91. The molecule has 0 saturated carbocycles. The summed E-state index contributed by atoms with van der Waals surface area (Å²) in [6, 6.07) is 10.2. The highest BCUT2D eigenvalue weighted by molar-refractivity contribution is 7.11. The van der Waals surface area contributed by atoms with E-state index in [1.165, 1.54) is 16.0 Å². The fraction of sp³-hybridized carbons (Fsp3) is 0.143. The zero-order valence-corrected chi connectivity index (χ0v) is 10.8. The van der Waals surface area contributed by atoms with Gasteiger partial charge in [0.1, 0.15) is 0 Å². The van der Waals surface area contributed by atoms with Crippen molar-refractivity contribution in [2.75, 3.05) is 0 Å². The predicted molar refractivity (Wildman–Crippen MR) is 74.1 cm³/mol. The van der Waals surface area contributed by atoms with E-state index in [4.69, 9.17) is 11.6 Å². The molecule has 1 aromatic carbocycles. The molecule has 3 heteroatoms. The summed E-state index contributed by atoms with van der Waals surface area (Å²) in [5.41, 5.74) is 2.59. The zero-order valence-electron chi connectivity index (χ0n) is 9.27. The fourth-order valence-electron chi connectivity index (χ4n) is 2.02. The molecule has 0 N–H and O–H groups in total. The minimum atomic E-state index is 0.844. The molecular formula is C14H12ClNS. The summed E-state index contributed by atoms with van der Waals surface area (Å²) >= 11 is 7.97. The smallest absolute Gasteiger partial charge is 0.0455 e. The second kappa shape index (κ2) is 4.55. The Hall–Kier alpha value is -1.25. The third-order valence-electron chi connectivity index (χ3n) is 2.92. The van der Waals surface area contributed by atoms with Crippen LogP contribution in [0.4, 0.5) is 0 Å². The van der Waals surface area contributed by atoms with E-state index in [2.05, 4.69) is 34.7 Å². The Morgan fingerprint density at radius 3 is 3.00 bits per heavy atom. The Labute approximate surface area is 110 Å². The van der Waals surface area contributed by atoms with E-state index in [0.717, 1.165) is 18.1 Å². The number of hydrogen-bond acceptors (Lipinski definition) is 2. The van der Waals surface area contributed by atoms with Crippen LogP contribution in [-0.4, -0.2) is 4.90 Å². The van der Waals surface area contributed by atoms with Gasteiger partial charge in [0, 0.05) is 29.2 Å². The van der Waals surface area contributed by atoms with Gasteiger partial charge in [0.05, 0.1) is 0 Å². The minimum absolute atomic E-state index is 0.844. The van der Waals surface area contributed by atoms with Crippen LogP contribution in [0.25, 0.3) is 6.08 Å². The molecule has 0 radical (unpaired) electrons. The predicted octanol–water partition coefficient (Wildman–Crippen LogP) is 4.39. The third kappa shape index (κ3) is 2.24. The summed E-state index contributed by atoms with van der Waals surface area (Å²) in [6.07, 6.45) is 4.34. The van der Waals surface area contributed by atoms with Crippen LogP contribution in [-0.2, 0) is 13.1 Å². The molecule has 0 fully saturated rings. The van der Waals surface area contributed by atoms with Gasteiger partial charge in [-0.05, 0) is 34.7 Å². The molecule has 0 saturated heterocycles. The van der Waals surface area contributed by atoms with E-state index < -0.39 is 0 Å². The molecular weight excluding hydrogens is 250 g/mol. The average Bonchev–Trinajstić information content (AvgIpc) is 2.79. The molecule has 17 heavy (non-hydrogen) atoms. The Bertz CT molecular complexity index is 559. The van der Waals surface area contributed by atoms with E-state index >= 15 is 0 Å². The van der Waals surface area contributed by atoms with Crippen LogP contribution in [0.1, 0.15) is 16.0 Å². The van der Waals surface area contributed by atoms with Gasteiger partial charge in [-0.3, -0.25) is 0 Å². The second-order valence-electron chi connectivity index (χ2n) is 4.12. The molecule has 0 unspecified atom stereocenters. The molecule has 0 amide bonds. The van der Waals surface area contributed by atoms with Crippen molar-refractivity contribution in [1.82, 2.24) is 4.90 Å². The summed E-state index contributed by atoms with van der Waals surface area (Å²) in [5, 5.41) is 2.99. The molecule has 2 heterocycles. The summed E-state index contributed by atoms with van der Waals surface area (Å²) < 4.78 is 0. The summed E-state index contributed by atoms with van der Waals surface area (Å²) in [7, 11) is 0. The topological polar surface area (TPSA) is 3.24 Å². The van der Waals surface area contributed by atoms with E-state index in [0.29, 0.717) is 0 Å². The van der Waals surface area contributed by atoms with E-state index in [1.807, 2.05) is 18.2 Å². The molecule has 1 aromatic heterocycles. The molecule has 1 aliphatic rings. The lowest BCUT2D eigenvalue weighted by atomic mass is 10.1. The first-order chi connectivity index (χ1) is 8.33. The number of rotatable bonds is 2. The number of hydrogen-bond donors (Lipinski definition) is 0. The third-order valence-corrected chi connectivity index (χ3v) is 4.22. The number of fused-ring (bicyclic) bond motifs is 1. The lowest BCUT2D eigenvalue weighted by Crippen LogP contribution is -2.18. The van der Waals surface area contributed by atoms with Gasteiger partial charge in [0.15, 0.2) is 0 Å². The minimum Gasteiger partial charge on any atom is -0.369 e.